The largest absolute Gasteiger partial charge is 0.611 e. The minimum absolute atomic E-state index is 0.0292. The summed E-state index contributed by atoms with van der Waals surface area (Å²) >= 11 is 4.87. The molecule has 0 saturated carbocycles. The van der Waals surface area contributed by atoms with Gasteiger partial charge in [-0.25, -0.2) is 0 Å². The summed E-state index contributed by atoms with van der Waals surface area (Å²) < 4.78 is 13.5. The molecule has 1 aliphatic rings. The molecule has 1 heterocycles. The van der Waals surface area contributed by atoms with Crippen LogP contribution in [0.5, 0.6) is 0 Å². The lowest BCUT2D eigenvalue weighted by atomic mass is 9.73. The monoisotopic (exact) mass is 381 g/mol. The minimum atomic E-state index is -1.14. The first-order valence-corrected chi connectivity index (χ1v) is 10.2. The Morgan fingerprint density at radius 2 is 1.38 bits per heavy atom. The number of hydrogen-bond acceptors (Lipinski definition) is 2. The van der Waals surface area contributed by atoms with Crippen molar-refractivity contribution >= 4 is 22.8 Å². The fourth-order valence-corrected chi connectivity index (χ4v) is 5.96. The van der Waals surface area contributed by atoms with Gasteiger partial charge in [-0.15, -0.1) is 0 Å². The van der Waals surface area contributed by atoms with Crippen LogP contribution in [0.2, 0.25) is 5.02 Å². The van der Waals surface area contributed by atoms with Crippen LogP contribution < -0.4 is 0 Å². The van der Waals surface area contributed by atoms with Crippen LogP contribution in [0.4, 0.5) is 0 Å². The first-order valence-electron chi connectivity index (χ1n) is 8.62. The van der Waals surface area contributed by atoms with Crippen molar-refractivity contribution in [3.63, 3.8) is 0 Å². The molecule has 3 aromatic rings. The van der Waals surface area contributed by atoms with E-state index in [1.807, 2.05) is 36.4 Å². The molecule has 4 heteroatoms. The summed E-state index contributed by atoms with van der Waals surface area (Å²) in [7, 11) is 2.11. The number of nitrogens with zero attached hydrogens (tertiary/aromatic N) is 1. The van der Waals surface area contributed by atoms with Crippen molar-refractivity contribution in [2.45, 2.75) is 15.7 Å². The minimum Gasteiger partial charge on any atom is -0.611 e. The highest BCUT2D eigenvalue weighted by atomic mass is 35.5. The van der Waals surface area contributed by atoms with E-state index in [0.29, 0.717) is 5.02 Å². The normalized spacial score (nSPS) is 20.3. The molecule has 26 heavy (non-hydrogen) atoms. The molecule has 0 N–H and O–H groups in total. The van der Waals surface area contributed by atoms with Crippen LogP contribution in [0.25, 0.3) is 0 Å². The Morgan fingerprint density at radius 3 is 1.85 bits per heavy atom. The van der Waals surface area contributed by atoms with Gasteiger partial charge in [-0.05, 0) is 53.6 Å². The van der Waals surface area contributed by atoms with Gasteiger partial charge in [0, 0.05) is 5.02 Å². The van der Waals surface area contributed by atoms with Crippen molar-refractivity contribution in [3.8, 4) is 0 Å². The number of halogens is 1. The zero-order chi connectivity index (χ0) is 18.1. The summed E-state index contributed by atoms with van der Waals surface area (Å²) in [5, 5.41) is 0.632. The molecule has 2 atom stereocenters. The highest BCUT2D eigenvalue weighted by Crippen LogP contribution is 2.49. The zero-order valence-electron chi connectivity index (χ0n) is 14.5. The van der Waals surface area contributed by atoms with Gasteiger partial charge in [0.1, 0.15) is 5.54 Å². The third kappa shape index (κ3) is 2.76. The number of benzene rings is 3. The van der Waals surface area contributed by atoms with Crippen LogP contribution in [0.1, 0.15) is 11.1 Å². The van der Waals surface area contributed by atoms with Crippen molar-refractivity contribution in [1.82, 2.24) is 4.90 Å². The van der Waals surface area contributed by atoms with Crippen molar-refractivity contribution in [2.24, 2.45) is 0 Å². The standard InChI is InChI=1S/C22H20ClNOS/c1-24-16-21(26(25)20-14-12-19(23)13-15-20)22(24,17-8-4-2-5-9-17)18-10-6-3-7-11-18/h2-15,21H,16H2,1H3. The Labute approximate surface area is 162 Å². The van der Waals surface area contributed by atoms with Gasteiger partial charge in [0.05, 0.1) is 6.54 Å². The summed E-state index contributed by atoms with van der Waals surface area (Å²) in [4.78, 5) is 3.12. The SMILES string of the molecule is CN1CC([S+]([O-])c2ccc(Cl)cc2)C1(c1ccccc1)c1ccccc1. The molecule has 132 valence electrons. The van der Waals surface area contributed by atoms with Crippen molar-refractivity contribution in [3.05, 3.63) is 101 Å². The molecule has 2 unspecified atom stereocenters. The predicted molar refractivity (Wildman–Crippen MR) is 108 cm³/mol. The quantitative estimate of drug-likeness (QED) is 0.612. The molecule has 0 spiro atoms. The molecule has 3 aromatic carbocycles. The van der Waals surface area contributed by atoms with Gasteiger partial charge in [0.2, 0.25) is 0 Å². The number of likely N-dealkylation sites (tertiary alicyclic amines) is 1. The Kier molecular flexibility index (Phi) is 4.80. The van der Waals surface area contributed by atoms with Gasteiger partial charge >= 0.3 is 0 Å². The summed E-state index contributed by atoms with van der Waals surface area (Å²) in [5.41, 5.74) is 1.95. The smallest absolute Gasteiger partial charge is 0.160 e. The van der Waals surface area contributed by atoms with E-state index in [4.69, 9.17) is 11.6 Å². The van der Waals surface area contributed by atoms with Gasteiger partial charge in [-0.2, -0.15) is 0 Å². The zero-order valence-corrected chi connectivity index (χ0v) is 16.1. The molecule has 0 amide bonds. The van der Waals surface area contributed by atoms with E-state index < -0.39 is 16.7 Å². The van der Waals surface area contributed by atoms with E-state index in [-0.39, 0.29) is 5.25 Å². The second-order valence-electron chi connectivity index (χ2n) is 6.62. The first kappa shape index (κ1) is 17.6. The predicted octanol–water partition coefficient (Wildman–Crippen LogP) is 4.71. The van der Waals surface area contributed by atoms with E-state index in [2.05, 4.69) is 60.5 Å². The van der Waals surface area contributed by atoms with Crippen LogP contribution in [0, 0.1) is 0 Å². The number of hydrogen-bond donors (Lipinski definition) is 0. The molecule has 0 aromatic heterocycles. The van der Waals surface area contributed by atoms with E-state index in [1.165, 1.54) is 11.1 Å². The lowest BCUT2D eigenvalue weighted by molar-refractivity contribution is 0.0503. The fraction of sp³-hybridized carbons (Fsp3) is 0.182. The average Bonchev–Trinajstić information content (AvgIpc) is 2.68. The second-order valence-corrected chi connectivity index (χ2v) is 8.69. The maximum atomic E-state index is 13.5. The third-order valence-corrected chi connectivity index (χ3v) is 7.24. The van der Waals surface area contributed by atoms with E-state index >= 15 is 0 Å². The Hall–Kier alpha value is -1.78. The Morgan fingerprint density at radius 1 is 0.885 bits per heavy atom. The van der Waals surface area contributed by atoms with Crippen LogP contribution in [0.3, 0.4) is 0 Å². The van der Waals surface area contributed by atoms with E-state index in [1.54, 1.807) is 0 Å². The summed E-state index contributed by atoms with van der Waals surface area (Å²) in [6.07, 6.45) is 0. The summed E-state index contributed by atoms with van der Waals surface area (Å²) in [5.74, 6) is 0. The molecule has 0 bridgehead atoms. The molecule has 0 radical (unpaired) electrons. The lowest BCUT2D eigenvalue weighted by Gasteiger charge is -2.56. The first-order chi connectivity index (χ1) is 12.6. The van der Waals surface area contributed by atoms with Crippen LogP contribution in [0.15, 0.2) is 89.8 Å². The highest BCUT2D eigenvalue weighted by molar-refractivity contribution is 7.92. The second kappa shape index (κ2) is 7.09. The highest BCUT2D eigenvalue weighted by Gasteiger charge is 2.60. The van der Waals surface area contributed by atoms with Crippen molar-refractivity contribution < 1.29 is 4.55 Å². The summed E-state index contributed by atoms with van der Waals surface area (Å²) in [6.45, 7) is 0.777. The van der Waals surface area contributed by atoms with Crippen molar-refractivity contribution in [1.29, 1.82) is 0 Å². The molecule has 4 rings (SSSR count). The van der Waals surface area contributed by atoms with Crippen LogP contribution in [-0.4, -0.2) is 28.3 Å². The Balaban J connectivity index is 1.83. The molecule has 1 fully saturated rings. The average molecular weight is 382 g/mol. The van der Waals surface area contributed by atoms with E-state index in [9.17, 15) is 4.55 Å². The van der Waals surface area contributed by atoms with Crippen LogP contribution >= 0.6 is 11.6 Å². The summed E-state index contributed by atoms with van der Waals surface area (Å²) in [6, 6.07) is 28.1. The molecule has 1 saturated heterocycles. The molecule has 1 aliphatic heterocycles. The third-order valence-electron chi connectivity index (χ3n) is 5.24. The topological polar surface area (TPSA) is 26.3 Å². The van der Waals surface area contributed by atoms with Gasteiger partial charge in [-0.3, -0.25) is 4.90 Å². The molecule has 2 nitrogen and oxygen atoms in total. The molecular formula is C22H20ClNOS. The van der Waals surface area contributed by atoms with Gasteiger partial charge < -0.3 is 4.55 Å². The van der Waals surface area contributed by atoms with Gasteiger partial charge in [-0.1, -0.05) is 72.3 Å². The van der Waals surface area contributed by atoms with Crippen LogP contribution in [-0.2, 0) is 16.7 Å². The lowest BCUT2D eigenvalue weighted by Crippen LogP contribution is -2.69. The Bertz CT molecular complexity index is 830. The number of rotatable bonds is 4. The molecule has 0 aliphatic carbocycles. The van der Waals surface area contributed by atoms with Crippen molar-refractivity contribution in [2.75, 3.05) is 13.6 Å². The maximum Gasteiger partial charge on any atom is 0.160 e. The van der Waals surface area contributed by atoms with E-state index in [0.717, 1.165) is 11.4 Å². The molecular weight excluding hydrogens is 362 g/mol. The fourth-order valence-electron chi connectivity index (χ4n) is 3.98. The van der Waals surface area contributed by atoms with Gasteiger partial charge in [0.15, 0.2) is 10.1 Å². The maximum absolute atomic E-state index is 13.5. The van der Waals surface area contributed by atoms with Gasteiger partial charge in [0.25, 0.3) is 0 Å².